The van der Waals surface area contributed by atoms with Gasteiger partial charge in [0.05, 0.1) is 0 Å². The third-order valence-electron chi connectivity index (χ3n) is 2.93. The molecule has 1 aromatic heterocycles. The van der Waals surface area contributed by atoms with Gasteiger partial charge in [-0.05, 0) is 63.6 Å². The molecule has 0 spiro atoms. The first-order chi connectivity index (χ1) is 10.2. The number of nitrogens with one attached hydrogen (secondary N) is 2. The molecule has 116 valence electrons. The van der Waals surface area contributed by atoms with Gasteiger partial charge in [-0.2, -0.15) is 0 Å². The monoisotopic (exact) mass is 361 g/mol. The molecule has 0 unspecified atom stereocenters. The Kier molecular flexibility index (Phi) is 4.86. The SMILES string of the molecule is Cc1cc(NC(=O)c2cc(NC(C)(C)C)ccn2)ccc1Br. The lowest BCUT2D eigenvalue weighted by Crippen LogP contribution is -2.26. The highest BCUT2D eigenvalue weighted by Crippen LogP contribution is 2.21. The van der Waals surface area contributed by atoms with Crippen molar-refractivity contribution in [1.82, 2.24) is 4.98 Å². The summed E-state index contributed by atoms with van der Waals surface area (Å²) in [6.07, 6.45) is 1.63. The van der Waals surface area contributed by atoms with Crippen molar-refractivity contribution in [3.63, 3.8) is 0 Å². The summed E-state index contributed by atoms with van der Waals surface area (Å²) in [5.74, 6) is -0.223. The molecule has 0 aliphatic heterocycles. The highest BCUT2D eigenvalue weighted by Gasteiger charge is 2.13. The van der Waals surface area contributed by atoms with Gasteiger partial charge in [0.1, 0.15) is 5.69 Å². The number of halogens is 1. The van der Waals surface area contributed by atoms with Crippen molar-refractivity contribution in [3.05, 3.63) is 52.3 Å². The number of aryl methyl sites for hydroxylation is 1. The number of amides is 1. The Morgan fingerprint density at radius 1 is 1.14 bits per heavy atom. The topological polar surface area (TPSA) is 54.0 Å². The Hall–Kier alpha value is -1.88. The second kappa shape index (κ2) is 6.48. The highest BCUT2D eigenvalue weighted by atomic mass is 79.9. The highest BCUT2D eigenvalue weighted by molar-refractivity contribution is 9.10. The third-order valence-corrected chi connectivity index (χ3v) is 3.82. The maximum absolute atomic E-state index is 12.3. The van der Waals surface area contributed by atoms with Gasteiger partial charge in [-0.25, -0.2) is 0 Å². The molecule has 0 aliphatic rings. The van der Waals surface area contributed by atoms with Gasteiger partial charge in [0.15, 0.2) is 0 Å². The number of benzene rings is 1. The fraction of sp³-hybridized carbons (Fsp3) is 0.294. The molecule has 0 saturated heterocycles. The minimum Gasteiger partial charge on any atom is -0.380 e. The summed E-state index contributed by atoms with van der Waals surface area (Å²) >= 11 is 3.44. The summed E-state index contributed by atoms with van der Waals surface area (Å²) in [6.45, 7) is 8.18. The lowest BCUT2D eigenvalue weighted by molar-refractivity contribution is 0.102. The fourth-order valence-electron chi connectivity index (χ4n) is 1.98. The van der Waals surface area contributed by atoms with Gasteiger partial charge >= 0.3 is 0 Å². The van der Waals surface area contributed by atoms with Gasteiger partial charge in [0.2, 0.25) is 0 Å². The normalized spacial score (nSPS) is 11.1. The van der Waals surface area contributed by atoms with E-state index in [-0.39, 0.29) is 11.4 Å². The van der Waals surface area contributed by atoms with Crippen molar-refractivity contribution in [1.29, 1.82) is 0 Å². The van der Waals surface area contributed by atoms with Crippen molar-refractivity contribution in [3.8, 4) is 0 Å². The number of aromatic nitrogens is 1. The molecule has 2 N–H and O–H groups in total. The molecule has 0 saturated carbocycles. The Bertz CT molecular complexity index is 693. The first-order valence-electron chi connectivity index (χ1n) is 7.06. The maximum atomic E-state index is 12.3. The zero-order valence-electron chi connectivity index (χ0n) is 13.2. The molecule has 5 heteroatoms. The third kappa shape index (κ3) is 4.56. The van der Waals surface area contributed by atoms with Crippen molar-refractivity contribution < 1.29 is 4.79 Å². The lowest BCUT2D eigenvalue weighted by Gasteiger charge is -2.22. The van der Waals surface area contributed by atoms with E-state index in [1.165, 1.54) is 0 Å². The Morgan fingerprint density at radius 2 is 1.86 bits per heavy atom. The molecule has 0 atom stereocenters. The molecule has 0 bridgehead atoms. The summed E-state index contributed by atoms with van der Waals surface area (Å²) in [4.78, 5) is 16.5. The van der Waals surface area contributed by atoms with E-state index < -0.39 is 0 Å². The molecule has 1 heterocycles. The van der Waals surface area contributed by atoms with E-state index in [0.29, 0.717) is 5.69 Å². The second-order valence-electron chi connectivity index (χ2n) is 6.22. The summed E-state index contributed by atoms with van der Waals surface area (Å²) in [6, 6.07) is 9.29. The van der Waals surface area contributed by atoms with Crippen LogP contribution in [-0.2, 0) is 0 Å². The molecule has 0 fully saturated rings. The largest absolute Gasteiger partial charge is 0.380 e. The van der Waals surface area contributed by atoms with E-state index in [2.05, 4.69) is 52.3 Å². The smallest absolute Gasteiger partial charge is 0.274 e. The molecule has 1 aromatic carbocycles. The minimum atomic E-state index is -0.223. The summed E-state index contributed by atoms with van der Waals surface area (Å²) < 4.78 is 1.01. The van der Waals surface area contributed by atoms with Gasteiger partial charge in [-0.15, -0.1) is 0 Å². The molecule has 0 radical (unpaired) electrons. The van der Waals surface area contributed by atoms with Crippen molar-refractivity contribution >= 4 is 33.2 Å². The lowest BCUT2D eigenvalue weighted by atomic mass is 10.1. The van der Waals surface area contributed by atoms with Crippen molar-refractivity contribution in [2.75, 3.05) is 10.6 Å². The van der Waals surface area contributed by atoms with Gasteiger partial charge in [-0.3, -0.25) is 9.78 Å². The maximum Gasteiger partial charge on any atom is 0.274 e. The standard InChI is InChI=1S/C17H20BrN3O/c1-11-9-12(5-6-14(11)18)20-16(22)15-10-13(7-8-19-15)21-17(2,3)4/h5-10H,1-4H3,(H,19,21)(H,20,22). The van der Waals surface area contributed by atoms with E-state index in [4.69, 9.17) is 0 Å². The van der Waals surface area contributed by atoms with Crippen LogP contribution in [0.25, 0.3) is 0 Å². The molecular weight excluding hydrogens is 342 g/mol. The van der Waals surface area contributed by atoms with Crippen LogP contribution in [0.1, 0.15) is 36.8 Å². The van der Waals surface area contributed by atoms with Crippen LogP contribution in [0.3, 0.4) is 0 Å². The van der Waals surface area contributed by atoms with E-state index in [0.717, 1.165) is 21.4 Å². The number of pyridine rings is 1. The molecular formula is C17H20BrN3O. The molecule has 2 rings (SSSR count). The predicted molar refractivity (Wildman–Crippen MR) is 94.4 cm³/mol. The predicted octanol–water partition coefficient (Wildman–Crippen LogP) is 4.62. The van der Waals surface area contributed by atoms with Crippen LogP contribution < -0.4 is 10.6 Å². The molecule has 1 amide bonds. The number of rotatable bonds is 3. The first kappa shape index (κ1) is 16.5. The minimum absolute atomic E-state index is 0.0715. The molecule has 4 nitrogen and oxygen atoms in total. The number of hydrogen-bond donors (Lipinski definition) is 2. The van der Waals surface area contributed by atoms with Gasteiger partial charge < -0.3 is 10.6 Å². The number of hydrogen-bond acceptors (Lipinski definition) is 3. The van der Waals surface area contributed by atoms with E-state index in [1.54, 1.807) is 12.3 Å². The quantitative estimate of drug-likeness (QED) is 0.838. The van der Waals surface area contributed by atoms with Gasteiger partial charge in [-0.1, -0.05) is 15.9 Å². The Labute approximate surface area is 139 Å². The average Bonchev–Trinajstić information content (AvgIpc) is 2.41. The van der Waals surface area contributed by atoms with Crippen LogP contribution in [0.5, 0.6) is 0 Å². The number of carbonyl (C=O) groups is 1. The molecule has 2 aromatic rings. The Balaban J connectivity index is 2.15. The van der Waals surface area contributed by atoms with Crippen LogP contribution >= 0.6 is 15.9 Å². The zero-order chi connectivity index (χ0) is 16.3. The van der Waals surface area contributed by atoms with Crippen LogP contribution in [-0.4, -0.2) is 16.4 Å². The summed E-state index contributed by atoms with van der Waals surface area (Å²) in [5.41, 5.74) is 3.00. The van der Waals surface area contributed by atoms with Crippen LogP contribution in [0.15, 0.2) is 41.0 Å². The number of nitrogens with zero attached hydrogens (tertiary/aromatic N) is 1. The van der Waals surface area contributed by atoms with E-state index >= 15 is 0 Å². The van der Waals surface area contributed by atoms with Crippen LogP contribution in [0, 0.1) is 6.92 Å². The number of anilines is 2. The van der Waals surface area contributed by atoms with Crippen molar-refractivity contribution in [2.24, 2.45) is 0 Å². The summed E-state index contributed by atoms with van der Waals surface area (Å²) in [7, 11) is 0. The average molecular weight is 362 g/mol. The van der Waals surface area contributed by atoms with Crippen LogP contribution in [0.4, 0.5) is 11.4 Å². The molecule has 0 aliphatic carbocycles. The molecule has 22 heavy (non-hydrogen) atoms. The second-order valence-corrected chi connectivity index (χ2v) is 7.08. The zero-order valence-corrected chi connectivity index (χ0v) is 14.8. The van der Waals surface area contributed by atoms with Crippen LogP contribution in [0.2, 0.25) is 0 Å². The summed E-state index contributed by atoms with van der Waals surface area (Å²) in [5, 5.41) is 6.20. The van der Waals surface area contributed by atoms with Crippen molar-refractivity contribution in [2.45, 2.75) is 33.2 Å². The first-order valence-corrected chi connectivity index (χ1v) is 7.86. The number of carbonyl (C=O) groups excluding carboxylic acids is 1. The van der Waals surface area contributed by atoms with E-state index in [9.17, 15) is 4.79 Å². The van der Waals surface area contributed by atoms with Gasteiger partial charge in [0.25, 0.3) is 5.91 Å². The Morgan fingerprint density at radius 3 is 2.50 bits per heavy atom. The van der Waals surface area contributed by atoms with E-state index in [1.807, 2.05) is 31.2 Å². The fourth-order valence-corrected chi connectivity index (χ4v) is 2.23. The van der Waals surface area contributed by atoms with Gasteiger partial charge in [0, 0.05) is 27.6 Å².